The second kappa shape index (κ2) is 5.89. The van der Waals surface area contributed by atoms with Crippen molar-refractivity contribution in [3.05, 3.63) is 35.4 Å². The van der Waals surface area contributed by atoms with E-state index in [9.17, 15) is 9.18 Å². The van der Waals surface area contributed by atoms with Crippen LogP contribution in [0.3, 0.4) is 0 Å². The fraction of sp³-hybridized carbons (Fsp3) is 0.273. The largest absolute Gasteiger partial charge is 0.382 e. The second-order valence-electron chi connectivity index (χ2n) is 3.70. The summed E-state index contributed by atoms with van der Waals surface area (Å²) in [7, 11) is 0. The molecule has 0 bridgehead atoms. The molecule has 0 aliphatic rings. The quantitative estimate of drug-likeness (QED) is 0.738. The molecular formula is C11H13FN6O. The molecule has 100 valence electrons. The number of hydrogen-bond acceptors (Lipinski definition) is 5. The number of benzene rings is 1. The number of para-hydroxylation sites is 1. The molecule has 7 nitrogen and oxygen atoms in total. The summed E-state index contributed by atoms with van der Waals surface area (Å²) in [5, 5.41) is 18.5. The molecule has 2 rings (SSSR count). The Hall–Kier alpha value is -2.51. The zero-order valence-electron chi connectivity index (χ0n) is 10.3. The third-order valence-electron chi connectivity index (χ3n) is 2.41. The molecule has 1 heterocycles. The first kappa shape index (κ1) is 12.9. The van der Waals surface area contributed by atoms with Gasteiger partial charge in [0.1, 0.15) is 5.82 Å². The van der Waals surface area contributed by atoms with Gasteiger partial charge in [0.2, 0.25) is 0 Å². The van der Waals surface area contributed by atoms with Gasteiger partial charge in [-0.15, -0.1) is 10.2 Å². The van der Waals surface area contributed by atoms with Crippen LogP contribution in [0.5, 0.6) is 0 Å². The van der Waals surface area contributed by atoms with Crippen molar-refractivity contribution in [1.82, 2.24) is 25.9 Å². The highest BCUT2D eigenvalue weighted by Crippen LogP contribution is 2.19. The van der Waals surface area contributed by atoms with Crippen LogP contribution in [0.1, 0.15) is 23.1 Å². The maximum Gasteiger partial charge on any atom is 0.253 e. The van der Waals surface area contributed by atoms with Gasteiger partial charge in [0.05, 0.1) is 17.8 Å². The number of carbonyl (C=O) groups is 1. The van der Waals surface area contributed by atoms with Gasteiger partial charge in [-0.2, -0.15) is 5.21 Å². The topological polar surface area (TPSA) is 95.6 Å². The van der Waals surface area contributed by atoms with Crippen LogP contribution in [-0.2, 0) is 6.54 Å². The highest BCUT2D eigenvalue weighted by atomic mass is 19.1. The van der Waals surface area contributed by atoms with Gasteiger partial charge in [-0.25, -0.2) is 4.39 Å². The molecule has 0 spiro atoms. The SMILES string of the molecule is CCNc1c(F)cccc1C(=O)NCc1nn[nH]n1. The minimum Gasteiger partial charge on any atom is -0.382 e. The van der Waals surface area contributed by atoms with Crippen molar-refractivity contribution >= 4 is 11.6 Å². The summed E-state index contributed by atoms with van der Waals surface area (Å²) in [4.78, 5) is 12.0. The molecule has 0 atom stereocenters. The maximum atomic E-state index is 13.6. The van der Waals surface area contributed by atoms with Gasteiger partial charge in [0, 0.05) is 6.54 Å². The third-order valence-corrected chi connectivity index (χ3v) is 2.41. The Morgan fingerprint density at radius 3 is 3.00 bits per heavy atom. The van der Waals surface area contributed by atoms with E-state index in [-0.39, 0.29) is 17.8 Å². The smallest absolute Gasteiger partial charge is 0.253 e. The molecule has 2 aromatic rings. The average molecular weight is 264 g/mol. The molecule has 0 aliphatic heterocycles. The second-order valence-corrected chi connectivity index (χ2v) is 3.70. The number of aromatic nitrogens is 4. The monoisotopic (exact) mass is 264 g/mol. The van der Waals surface area contributed by atoms with Crippen LogP contribution in [0.4, 0.5) is 10.1 Å². The van der Waals surface area contributed by atoms with Crippen LogP contribution in [0.25, 0.3) is 0 Å². The van der Waals surface area contributed by atoms with Crippen molar-refractivity contribution in [2.45, 2.75) is 13.5 Å². The molecule has 0 unspecified atom stereocenters. The number of H-pyrrole nitrogens is 1. The lowest BCUT2D eigenvalue weighted by molar-refractivity contribution is 0.0950. The summed E-state index contributed by atoms with van der Waals surface area (Å²) >= 11 is 0. The number of nitrogens with zero attached hydrogens (tertiary/aromatic N) is 3. The van der Waals surface area contributed by atoms with Crippen LogP contribution >= 0.6 is 0 Å². The molecule has 0 saturated carbocycles. The standard InChI is InChI=1S/C11H13FN6O/c1-2-13-10-7(4-3-5-8(10)12)11(19)14-6-9-15-17-18-16-9/h3-5,13H,2,6H2,1H3,(H,14,19)(H,15,16,17,18). The normalized spacial score (nSPS) is 10.2. The summed E-state index contributed by atoms with van der Waals surface area (Å²) in [5.41, 5.74) is 0.431. The van der Waals surface area contributed by atoms with Gasteiger partial charge in [-0.1, -0.05) is 11.3 Å². The van der Waals surface area contributed by atoms with Crippen molar-refractivity contribution in [3.63, 3.8) is 0 Å². The molecule has 0 fully saturated rings. The predicted octanol–water partition coefficient (Wildman–Crippen LogP) is 0.701. The Bertz CT molecular complexity index is 556. The Morgan fingerprint density at radius 2 is 2.32 bits per heavy atom. The van der Waals surface area contributed by atoms with Crippen molar-refractivity contribution in [1.29, 1.82) is 0 Å². The lowest BCUT2D eigenvalue weighted by atomic mass is 10.1. The number of tetrazole rings is 1. The minimum atomic E-state index is -0.464. The third kappa shape index (κ3) is 3.03. The molecule has 1 amide bonds. The number of carbonyl (C=O) groups excluding carboxylic acids is 1. The molecule has 19 heavy (non-hydrogen) atoms. The number of amides is 1. The number of hydrogen-bond donors (Lipinski definition) is 3. The lowest BCUT2D eigenvalue weighted by Gasteiger charge is -2.11. The van der Waals surface area contributed by atoms with Gasteiger partial charge < -0.3 is 10.6 Å². The zero-order chi connectivity index (χ0) is 13.7. The van der Waals surface area contributed by atoms with E-state index in [0.29, 0.717) is 12.4 Å². The summed E-state index contributed by atoms with van der Waals surface area (Å²) in [5.74, 6) is -0.510. The number of nitrogens with one attached hydrogen (secondary N) is 3. The van der Waals surface area contributed by atoms with Gasteiger partial charge in [0.15, 0.2) is 5.82 Å². The van der Waals surface area contributed by atoms with E-state index in [2.05, 4.69) is 31.3 Å². The average Bonchev–Trinajstić information content (AvgIpc) is 2.92. The van der Waals surface area contributed by atoms with Gasteiger partial charge in [-0.3, -0.25) is 4.79 Å². The minimum absolute atomic E-state index is 0.122. The first-order valence-electron chi connectivity index (χ1n) is 5.75. The number of halogens is 1. The Balaban J connectivity index is 2.12. The van der Waals surface area contributed by atoms with Crippen molar-refractivity contribution in [2.24, 2.45) is 0 Å². The van der Waals surface area contributed by atoms with Crippen LogP contribution < -0.4 is 10.6 Å². The first-order chi connectivity index (χ1) is 9.22. The van der Waals surface area contributed by atoms with Crippen LogP contribution in [0, 0.1) is 5.82 Å². The van der Waals surface area contributed by atoms with Crippen molar-refractivity contribution < 1.29 is 9.18 Å². The van der Waals surface area contributed by atoms with E-state index >= 15 is 0 Å². The van der Waals surface area contributed by atoms with E-state index < -0.39 is 11.7 Å². The maximum absolute atomic E-state index is 13.6. The van der Waals surface area contributed by atoms with Crippen LogP contribution in [-0.4, -0.2) is 33.1 Å². The van der Waals surface area contributed by atoms with Gasteiger partial charge >= 0.3 is 0 Å². The van der Waals surface area contributed by atoms with E-state index in [4.69, 9.17) is 0 Å². The predicted molar refractivity (Wildman–Crippen MR) is 65.9 cm³/mol. The van der Waals surface area contributed by atoms with Crippen molar-refractivity contribution in [2.75, 3.05) is 11.9 Å². The van der Waals surface area contributed by atoms with E-state index in [1.807, 2.05) is 6.92 Å². The number of rotatable bonds is 5. The van der Waals surface area contributed by atoms with E-state index in [1.165, 1.54) is 12.1 Å². The molecule has 1 aromatic carbocycles. The molecule has 3 N–H and O–H groups in total. The molecule has 1 aromatic heterocycles. The molecule has 8 heteroatoms. The molecule has 0 aliphatic carbocycles. The van der Waals surface area contributed by atoms with Crippen molar-refractivity contribution in [3.8, 4) is 0 Å². The summed E-state index contributed by atoms with van der Waals surface area (Å²) in [6.07, 6.45) is 0. The fourth-order valence-electron chi connectivity index (χ4n) is 1.58. The number of anilines is 1. The first-order valence-corrected chi connectivity index (χ1v) is 5.75. The van der Waals surface area contributed by atoms with Gasteiger partial charge in [0.25, 0.3) is 5.91 Å². The summed E-state index contributed by atoms with van der Waals surface area (Å²) in [6.45, 7) is 2.47. The zero-order valence-corrected chi connectivity index (χ0v) is 10.3. The van der Waals surface area contributed by atoms with Crippen LogP contribution in [0.2, 0.25) is 0 Å². The van der Waals surface area contributed by atoms with E-state index in [0.717, 1.165) is 0 Å². The summed E-state index contributed by atoms with van der Waals surface area (Å²) < 4.78 is 13.6. The van der Waals surface area contributed by atoms with E-state index in [1.54, 1.807) is 6.07 Å². The molecule has 0 radical (unpaired) electrons. The Labute approximate surface area is 108 Å². The fourth-order valence-corrected chi connectivity index (χ4v) is 1.58. The Kier molecular flexibility index (Phi) is 4.01. The Morgan fingerprint density at radius 1 is 1.47 bits per heavy atom. The van der Waals surface area contributed by atoms with Gasteiger partial charge in [-0.05, 0) is 19.1 Å². The van der Waals surface area contributed by atoms with Crippen LogP contribution in [0.15, 0.2) is 18.2 Å². The highest BCUT2D eigenvalue weighted by molar-refractivity contribution is 5.99. The lowest BCUT2D eigenvalue weighted by Crippen LogP contribution is -2.25. The molecule has 0 saturated heterocycles. The highest BCUT2D eigenvalue weighted by Gasteiger charge is 2.14. The molecular weight excluding hydrogens is 251 g/mol. The number of aromatic amines is 1. The summed E-state index contributed by atoms with van der Waals surface area (Å²) in [6, 6.07) is 4.33.